The molecule has 0 bridgehead atoms. The highest BCUT2D eigenvalue weighted by atomic mass is 16.5. The number of rotatable bonds is 5. The Balaban J connectivity index is 3.57. The molecule has 0 aliphatic carbocycles. The summed E-state index contributed by atoms with van der Waals surface area (Å²) in [4.78, 5) is 0. The summed E-state index contributed by atoms with van der Waals surface area (Å²) in [5.41, 5.74) is 1.16. The van der Waals surface area contributed by atoms with Crippen LogP contribution in [0.1, 0.15) is 33.6 Å². The van der Waals surface area contributed by atoms with Gasteiger partial charge in [-0.05, 0) is 33.6 Å². The summed E-state index contributed by atoms with van der Waals surface area (Å²) in [5, 5.41) is 9.43. The second kappa shape index (κ2) is 6.21. The lowest BCUT2D eigenvalue weighted by molar-refractivity contribution is 0.0945. The first kappa shape index (κ1) is 11.7. The molecule has 1 N–H and O–H groups in total. The highest BCUT2D eigenvalue weighted by Crippen LogP contribution is 2.06. The van der Waals surface area contributed by atoms with Gasteiger partial charge >= 0.3 is 0 Å². The van der Waals surface area contributed by atoms with Crippen LogP contribution in [0.15, 0.2) is 11.6 Å². The van der Waals surface area contributed by atoms with Crippen molar-refractivity contribution in [3.8, 4) is 0 Å². The number of aliphatic hydroxyl groups excluding tert-OH is 1. The van der Waals surface area contributed by atoms with Crippen LogP contribution in [-0.4, -0.2) is 24.4 Å². The Morgan fingerprint density at radius 3 is 2.42 bits per heavy atom. The van der Waals surface area contributed by atoms with Gasteiger partial charge in [0.05, 0.1) is 12.2 Å². The van der Waals surface area contributed by atoms with Gasteiger partial charge in [-0.25, -0.2) is 0 Å². The normalized spacial score (nSPS) is 15.4. The smallest absolute Gasteiger partial charge is 0.0724 e. The maximum absolute atomic E-state index is 9.43. The van der Waals surface area contributed by atoms with Crippen LogP contribution in [-0.2, 0) is 4.74 Å². The molecule has 0 saturated carbocycles. The summed E-state index contributed by atoms with van der Waals surface area (Å²) in [5.74, 6) is 0. The van der Waals surface area contributed by atoms with Crippen LogP contribution < -0.4 is 0 Å². The van der Waals surface area contributed by atoms with Crippen molar-refractivity contribution in [2.75, 3.05) is 7.11 Å². The van der Waals surface area contributed by atoms with Gasteiger partial charge in [0.1, 0.15) is 0 Å². The summed E-state index contributed by atoms with van der Waals surface area (Å²) >= 11 is 0. The molecular formula is C10H20O2. The third-order valence-electron chi connectivity index (χ3n) is 1.80. The van der Waals surface area contributed by atoms with E-state index >= 15 is 0 Å². The number of hydrogen-bond acceptors (Lipinski definition) is 2. The van der Waals surface area contributed by atoms with E-state index in [2.05, 4.69) is 0 Å². The lowest BCUT2D eigenvalue weighted by Gasteiger charge is -2.11. The second-order valence-electron chi connectivity index (χ2n) is 3.44. The number of aliphatic hydroxyl groups is 1. The summed E-state index contributed by atoms with van der Waals surface area (Å²) in [6, 6.07) is 0. The van der Waals surface area contributed by atoms with E-state index in [0.717, 1.165) is 18.4 Å². The fourth-order valence-corrected chi connectivity index (χ4v) is 0.991. The lowest BCUT2D eigenvalue weighted by atomic mass is 10.1. The van der Waals surface area contributed by atoms with Crippen molar-refractivity contribution in [3.63, 3.8) is 0 Å². The van der Waals surface area contributed by atoms with Gasteiger partial charge in [-0.1, -0.05) is 11.6 Å². The van der Waals surface area contributed by atoms with E-state index < -0.39 is 0 Å². The lowest BCUT2D eigenvalue weighted by Crippen LogP contribution is -2.10. The zero-order valence-corrected chi connectivity index (χ0v) is 8.50. The maximum Gasteiger partial charge on any atom is 0.0724 e. The number of hydrogen-bond donors (Lipinski definition) is 1. The predicted molar refractivity (Wildman–Crippen MR) is 51.1 cm³/mol. The van der Waals surface area contributed by atoms with Crippen molar-refractivity contribution in [3.05, 3.63) is 11.6 Å². The molecule has 0 aliphatic heterocycles. The molecule has 0 amide bonds. The SMILES string of the molecule is COC(C)CCC(O)C=C(C)C. The molecule has 72 valence electrons. The van der Waals surface area contributed by atoms with Gasteiger partial charge in [0.2, 0.25) is 0 Å². The van der Waals surface area contributed by atoms with Gasteiger partial charge in [0.25, 0.3) is 0 Å². The molecule has 2 nitrogen and oxygen atoms in total. The molecule has 2 heteroatoms. The predicted octanol–water partition coefficient (Wildman–Crippen LogP) is 2.13. The van der Waals surface area contributed by atoms with Crippen molar-refractivity contribution < 1.29 is 9.84 Å². The minimum atomic E-state index is -0.312. The van der Waals surface area contributed by atoms with Gasteiger partial charge in [-0.2, -0.15) is 0 Å². The minimum absolute atomic E-state index is 0.241. The van der Waals surface area contributed by atoms with Crippen molar-refractivity contribution in [1.29, 1.82) is 0 Å². The van der Waals surface area contributed by atoms with Crippen LogP contribution >= 0.6 is 0 Å². The van der Waals surface area contributed by atoms with E-state index in [1.165, 1.54) is 0 Å². The first-order valence-corrected chi connectivity index (χ1v) is 4.42. The maximum atomic E-state index is 9.43. The van der Waals surface area contributed by atoms with Crippen LogP contribution in [0.2, 0.25) is 0 Å². The molecule has 0 spiro atoms. The largest absolute Gasteiger partial charge is 0.389 e. The molecule has 0 aromatic carbocycles. The van der Waals surface area contributed by atoms with Crippen LogP contribution in [0.25, 0.3) is 0 Å². The van der Waals surface area contributed by atoms with Crippen molar-refractivity contribution in [1.82, 2.24) is 0 Å². The Labute approximate surface area is 75.2 Å². The summed E-state index contributed by atoms with van der Waals surface area (Å²) in [6.45, 7) is 5.99. The van der Waals surface area contributed by atoms with Gasteiger partial charge < -0.3 is 9.84 Å². The monoisotopic (exact) mass is 172 g/mol. The quantitative estimate of drug-likeness (QED) is 0.644. The van der Waals surface area contributed by atoms with Crippen LogP contribution in [0, 0.1) is 0 Å². The van der Waals surface area contributed by atoms with Gasteiger partial charge in [-0.3, -0.25) is 0 Å². The Kier molecular flexibility index (Phi) is 6.03. The molecular weight excluding hydrogens is 152 g/mol. The van der Waals surface area contributed by atoms with E-state index in [1.807, 2.05) is 26.8 Å². The first-order chi connectivity index (χ1) is 5.56. The van der Waals surface area contributed by atoms with Gasteiger partial charge in [-0.15, -0.1) is 0 Å². The number of allylic oxidation sites excluding steroid dienone is 1. The van der Waals surface area contributed by atoms with E-state index in [4.69, 9.17) is 4.74 Å². The molecule has 0 aromatic heterocycles. The standard InChI is InChI=1S/C10H20O2/c1-8(2)7-10(11)6-5-9(3)12-4/h7,9-11H,5-6H2,1-4H3. The van der Waals surface area contributed by atoms with E-state index in [1.54, 1.807) is 7.11 Å². The fraction of sp³-hybridized carbons (Fsp3) is 0.800. The zero-order chi connectivity index (χ0) is 9.56. The molecule has 0 saturated heterocycles. The number of methoxy groups -OCH3 is 1. The molecule has 0 aliphatic rings. The summed E-state index contributed by atoms with van der Waals surface area (Å²) in [7, 11) is 1.69. The third-order valence-corrected chi connectivity index (χ3v) is 1.80. The molecule has 0 fully saturated rings. The topological polar surface area (TPSA) is 29.5 Å². The van der Waals surface area contributed by atoms with E-state index in [0.29, 0.717) is 0 Å². The fourth-order valence-electron chi connectivity index (χ4n) is 0.991. The summed E-state index contributed by atoms with van der Waals surface area (Å²) < 4.78 is 5.07. The Hall–Kier alpha value is -0.340. The van der Waals surface area contributed by atoms with E-state index in [9.17, 15) is 5.11 Å². The average Bonchev–Trinajstić information content (AvgIpc) is 1.99. The van der Waals surface area contributed by atoms with Crippen LogP contribution in [0.5, 0.6) is 0 Å². The Bertz CT molecular complexity index is 137. The highest BCUT2D eigenvalue weighted by molar-refractivity contribution is 4.97. The molecule has 2 atom stereocenters. The van der Waals surface area contributed by atoms with Crippen molar-refractivity contribution in [2.24, 2.45) is 0 Å². The zero-order valence-electron chi connectivity index (χ0n) is 8.50. The molecule has 0 rings (SSSR count). The Morgan fingerprint density at radius 2 is 2.00 bits per heavy atom. The first-order valence-electron chi connectivity index (χ1n) is 4.42. The van der Waals surface area contributed by atoms with Crippen LogP contribution in [0.4, 0.5) is 0 Å². The molecule has 0 heterocycles. The number of ether oxygens (including phenoxy) is 1. The average molecular weight is 172 g/mol. The molecule has 12 heavy (non-hydrogen) atoms. The van der Waals surface area contributed by atoms with Crippen LogP contribution in [0.3, 0.4) is 0 Å². The Morgan fingerprint density at radius 1 is 1.42 bits per heavy atom. The molecule has 0 aromatic rings. The highest BCUT2D eigenvalue weighted by Gasteiger charge is 2.04. The second-order valence-corrected chi connectivity index (χ2v) is 3.44. The third kappa shape index (κ3) is 6.38. The summed E-state index contributed by atoms with van der Waals surface area (Å²) in [6.07, 6.45) is 3.49. The minimum Gasteiger partial charge on any atom is -0.389 e. The van der Waals surface area contributed by atoms with Crippen molar-refractivity contribution >= 4 is 0 Å². The van der Waals surface area contributed by atoms with Crippen molar-refractivity contribution in [2.45, 2.75) is 45.8 Å². The van der Waals surface area contributed by atoms with Gasteiger partial charge in [0.15, 0.2) is 0 Å². The van der Waals surface area contributed by atoms with Gasteiger partial charge in [0, 0.05) is 7.11 Å². The molecule has 2 unspecified atom stereocenters. The van der Waals surface area contributed by atoms with E-state index in [-0.39, 0.29) is 12.2 Å². The molecule has 0 radical (unpaired) electrons.